The van der Waals surface area contributed by atoms with Gasteiger partial charge in [-0.05, 0) is 111 Å². The van der Waals surface area contributed by atoms with E-state index in [0.717, 1.165) is 52.7 Å². The van der Waals surface area contributed by atoms with Crippen LogP contribution in [0.1, 0.15) is 97.8 Å². The summed E-state index contributed by atoms with van der Waals surface area (Å²) in [5.74, 6) is -3.68. The Kier molecular flexibility index (Phi) is 14.3. The van der Waals surface area contributed by atoms with Crippen LogP contribution in [0.5, 0.6) is 0 Å². The first-order valence-electron chi connectivity index (χ1n) is 17.2. The molecule has 2 aromatic rings. The maximum atomic E-state index is 13.9. The molecule has 0 radical (unpaired) electrons. The van der Waals surface area contributed by atoms with Gasteiger partial charge < -0.3 is 35.4 Å². The van der Waals surface area contributed by atoms with Crippen LogP contribution in [0.4, 0.5) is 11.5 Å². The molecule has 0 bridgehead atoms. The molecule has 2 unspecified atom stereocenters. The number of benzene rings is 1. The number of carboxylic acids is 2. The molecule has 2 heterocycles. The molecule has 1 aromatic heterocycles. The zero-order valence-corrected chi connectivity index (χ0v) is 35.5. The minimum atomic E-state index is -4.06. The Morgan fingerprint density at radius 3 is 2.19 bits per heavy atom. The van der Waals surface area contributed by atoms with E-state index in [4.69, 9.17) is 4.74 Å². The number of ether oxygens (including phenoxy) is 1. The Labute approximate surface area is 327 Å². The van der Waals surface area contributed by atoms with E-state index < -0.39 is 45.0 Å². The number of nitrogens with zero attached hydrogens (tertiary/aromatic N) is 3. The summed E-state index contributed by atoms with van der Waals surface area (Å²) in [6, 6.07) is 2.85. The number of aromatic nitrogens is 1. The summed E-state index contributed by atoms with van der Waals surface area (Å²) in [4.78, 5) is 71.2. The molecular weight excluding hydrogens is 772 g/mol. The molecule has 2 amide bonds. The largest absolute Gasteiger partial charge is 0.545 e. The van der Waals surface area contributed by atoms with Gasteiger partial charge in [0.05, 0.1) is 29.2 Å². The topological polar surface area (TPSA) is 226 Å². The molecule has 1 saturated carbocycles. The molecule has 15 nitrogen and oxygen atoms in total. The Balaban J connectivity index is 0.00000784. The van der Waals surface area contributed by atoms with Crippen LogP contribution < -0.4 is 25.0 Å². The average Bonchev–Trinajstić information content (AvgIpc) is 3.48. The second-order valence-corrected chi connectivity index (χ2v) is 15.9. The number of carbonyl (C=O) groups excluding carboxylic acids is 4. The van der Waals surface area contributed by atoms with Gasteiger partial charge in [0, 0.05) is 38.0 Å². The Bertz CT molecular complexity index is 2010. The maximum absolute atomic E-state index is 13.9. The average molecular weight is 817 g/mol. The fourth-order valence-corrected chi connectivity index (χ4v) is 7.88. The van der Waals surface area contributed by atoms with Crippen LogP contribution in [0, 0.1) is 31.6 Å². The predicted molar refractivity (Wildman–Crippen MR) is 196 cm³/mol. The SMILES string of the molecule is CC(=O)Nc1[n-]c(/C=C2\N=C(NC(=O)CCCN(c3cc(C(=O)[O-])cc(C(=O)O)c3)S(C)(=O)=O)C(C(=O)OC3C(C)CC(C)CC3C)=C2C)c(C)c1C.[Zn]. The molecule has 0 saturated heterocycles. The Morgan fingerprint density at radius 1 is 1.02 bits per heavy atom. The van der Waals surface area contributed by atoms with Gasteiger partial charge in [0.1, 0.15) is 23.4 Å². The number of nitrogens with one attached hydrogen (secondary N) is 2. The van der Waals surface area contributed by atoms with Crippen molar-refractivity contribution in [1.29, 1.82) is 0 Å². The fraction of sp³-hybridized carbons (Fsp3) is 0.459. The predicted octanol–water partition coefficient (Wildman–Crippen LogP) is 3.32. The van der Waals surface area contributed by atoms with E-state index in [2.05, 4.69) is 27.5 Å². The second kappa shape index (κ2) is 17.7. The molecular formula is C37H45N5O10SZn-2. The van der Waals surface area contributed by atoms with Crippen molar-refractivity contribution in [3.8, 4) is 0 Å². The van der Waals surface area contributed by atoms with Gasteiger partial charge in [-0.3, -0.25) is 13.9 Å². The third-order valence-corrected chi connectivity index (χ3v) is 10.8. The standard InChI is InChI=1S/C37H47N5O10S.Zn/c1-18-12-19(2)32(20(3)13-18)52-37(49)31-23(6)29(17-28-21(4)22(5)33(39-28)38-24(7)43)40-34(31)41-30(44)10-9-11-42(53(8,50)51)27-15-25(35(45)46)14-26(16-27)36(47)48;/h14-20,32H,9-13H2,1-8H3,(H5,38,39,40,41,43,44,45,46,47,48,49);/p-2. The van der Waals surface area contributed by atoms with Crippen molar-refractivity contribution in [1.82, 2.24) is 10.3 Å². The quantitative estimate of drug-likeness (QED) is 0.208. The van der Waals surface area contributed by atoms with Crippen LogP contribution in [-0.2, 0) is 48.6 Å². The Hall–Kier alpha value is -4.63. The molecule has 17 heteroatoms. The Morgan fingerprint density at radius 2 is 1.63 bits per heavy atom. The van der Waals surface area contributed by atoms with Crippen LogP contribution in [0.3, 0.4) is 0 Å². The van der Waals surface area contributed by atoms with Gasteiger partial charge in [0.2, 0.25) is 15.9 Å². The number of hydrogen-bond donors (Lipinski definition) is 3. The van der Waals surface area contributed by atoms with Crippen LogP contribution >= 0.6 is 0 Å². The molecule has 1 fully saturated rings. The van der Waals surface area contributed by atoms with Crippen molar-refractivity contribution in [3.05, 3.63) is 63.0 Å². The normalized spacial score (nSPS) is 20.5. The van der Waals surface area contributed by atoms with E-state index in [1.165, 1.54) is 6.92 Å². The van der Waals surface area contributed by atoms with Gasteiger partial charge >= 0.3 is 11.9 Å². The van der Waals surface area contributed by atoms with E-state index in [0.29, 0.717) is 28.7 Å². The number of rotatable bonds is 12. The molecule has 1 aliphatic heterocycles. The van der Waals surface area contributed by atoms with E-state index in [1.807, 2.05) is 27.7 Å². The summed E-state index contributed by atoms with van der Waals surface area (Å²) < 4.78 is 32.3. The summed E-state index contributed by atoms with van der Waals surface area (Å²) in [5.41, 5.74) is 1.65. The van der Waals surface area contributed by atoms with Gasteiger partial charge in [-0.15, -0.1) is 0 Å². The molecule has 2 atom stereocenters. The molecule has 0 spiro atoms. The maximum Gasteiger partial charge on any atom is 0.342 e. The molecule has 4 rings (SSSR count). The van der Waals surface area contributed by atoms with E-state index in [9.17, 15) is 42.6 Å². The first-order valence-corrected chi connectivity index (χ1v) is 19.0. The smallest absolute Gasteiger partial charge is 0.342 e. The van der Waals surface area contributed by atoms with E-state index in [1.54, 1.807) is 13.0 Å². The number of amides is 2. The fourth-order valence-electron chi connectivity index (χ4n) is 6.93. The number of hydrogen-bond acceptors (Lipinski definition) is 10. The summed E-state index contributed by atoms with van der Waals surface area (Å²) in [6.07, 6.45) is 3.61. The van der Waals surface area contributed by atoms with Crippen molar-refractivity contribution in [3.63, 3.8) is 0 Å². The summed E-state index contributed by atoms with van der Waals surface area (Å²) >= 11 is 0. The van der Waals surface area contributed by atoms with Crippen LogP contribution in [0.2, 0.25) is 0 Å². The molecule has 1 aliphatic carbocycles. The molecule has 3 N–H and O–H groups in total. The van der Waals surface area contributed by atoms with Gasteiger partial charge in [0.15, 0.2) is 0 Å². The van der Waals surface area contributed by atoms with Crippen LogP contribution in [0.25, 0.3) is 6.08 Å². The number of aliphatic imine (C=N–C) groups is 1. The molecule has 288 valence electrons. The summed E-state index contributed by atoms with van der Waals surface area (Å²) in [6.45, 7) is 12.6. The second-order valence-electron chi connectivity index (χ2n) is 14.0. The number of anilines is 2. The van der Waals surface area contributed by atoms with Crippen LogP contribution in [0.15, 0.2) is 40.0 Å². The van der Waals surface area contributed by atoms with E-state index >= 15 is 0 Å². The van der Waals surface area contributed by atoms with Crippen molar-refractivity contribution in [2.45, 2.75) is 80.3 Å². The summed E-state index contributed by atoms with van der Waals surface area (Å²) in [5, 5.41) is 26.4. The number of aromatic carboxylic acids is 2. The minimum absolute atomic E-state index is 0. The number of carbonyl (C=O) groups is 5. The first kappa shape index (κ1) is 43.8. The van der Waals surface area contributed by atoms with Gasteiger partial charge in [0.25, 0.3) is 0 Å². The molecule has 1 aromatic carbocycles. The molecule has 2 aliphatic rings. The van der Waals surface area contributed by atoms with Crippen molar-refractivity contribution in [2.24, 2.45) is 22.7 Å². The van der Waals surface area contributed by atoms with Gasteiger partial charge in [-0.2, -0.15) is 0 Å². The van der Waals surface area contributed by atoms with Gasteiger partial charge in [-0.25, -0.2) is 23.0 Å². The third-order valence-electron chi connectivity index (χ3n) is 9.56. The monoisotopic (exact) mass is 815 g/mol. The molecule has 54 heavy (non-hydrogen) atoms. The van der Waals surface area contributed by atoms with E-state index in [-0.39, 0.29) is 79.8 Å². The number of amidine groups is 1. The minimum Gasteiger partial charge on any atom is -0.545 e. The number of allylic oxidation sites excluding steroid dienone is 1. The van der Waals surface area contributed by atoms with Crippen molar-refractivity contribution in [2.75, 3.05) is 22.4 Å². The van der Waals surface area contributed by atoms with Crippen LogP contribution in [-0.4, -0.2) is 68.0 Å². The zero-order chi connectivity index (χ0) is 39.5. The van der Waals surface area contributed by atoms with Crippen molar-refractivity contribution < 1.29 is 66.8 Å². The number of carboxylic acid groups (broad SMARTS) is 2. The summed E-state index contributed by atoms with van der Waals surface area (Å²) in [7, 11) is -4.06. The van der Waals surface area contributed by atoms with Crippen molar-refractivity contribution >= 4 is 63.2 Å². The van der Waals surface area contributed by atoms with Gasteiger partial charge in [-0.1, -0.05) is 26.6 Å². The number of esters is 1. The third kappa shape index (κ3) is 10.3. The first-order chi connectivity index (χ1) is 24.7. The zero-order valence-electron chi connectivity index (χ0n) is 31.7. The number of sulfonamides is 1.